The van der Waals surface area contributed by atoms with Crippen LogP contribution in [0.4, 0.5) is 0 Å². The Hall–Kier alpha value is -0.480. The first-order chi connectivity index (χ1) is 7.26. The Morgan fingerprint density at radius 3 is 1.93 bits per heavy atom. The molecule has 0 spiro atoms. The molecule has 0 bridgehead atoms. The van der Waals surface area contributed by atoms with Gasteiger partial charge in [0.2, 0.25) is 0 Å². The zero-order valence-corrected chi connectivity index (χ0v) is 10.5. The van der Waals surface area contributed by atoms with Gasteiger partial charge in [-0.15, -0.1) is 6.42 Å². The van der Waals surface area contributed by atoms with Gasteiger partial charge in [0.15, 0.2) is 0 Å². The van der Waals surface area contributed by atoms with E-state index in [1.807, 2.05) is 0 Å². The van der Waals surface area contributed by atoms with Gasteiger partial charge in [-0.05, 0) is 31.6 Å². The number of piperidine rings is 1. The molecule has 2 unspecified atom stereocenters. The minimum absolute atomic E-state index is 0.727. The highest BCUT2D eigenvalue weighted by Crippen LogP contribution is 2.32. The Morgan fingerprint density at radius 2 is 1.60 bits per heavy atom. The van der Waals surface area contributed by atoms with Crippen molar-refractivity contribution < 1.29 is 0 Å². The summed E-state index contributed by atoms with van der Waals surface area (Å²) < 4.78 is 0. The maximum Gasteiger partial charge on any atom is 0.0603 e. The molecule has 86 valence electrons. The van der Waals surface area contributed by atoms with Gasteiger partial charge in [0.25, 0.3) is 0 Å². The Labute approximate surface area is 95.2 Å². The second-order valence-corrected chi connectivity index (χ2v) is 4.75. The lowest BCUT2D eigenvalue weighted by molar-refractivity contribution is 0.0588. The minimum Gasteiger partial charge on any atom is -0.286 e. The zero-order chi connectivity index (χ0) is 11.3. The Balaban J connectivity index is 2.69. The fourth-order valence-corrected chi connectivity index (χ4v) is 2.93. The lowest BCUT2D eigenvalue weighted by Gasteiger charge is -2.44. The fourth-order valence-electron chi connectivity index (χ4n) is 2.93. The van der Waals surface area contributed by atoms with E-state index in [2.05, 4.69) is 31.6 Å². The van der Waals surface area contributed by atoms with Gasteiger partial charge in [0.05, 0.1) is 6.54 Å². The van der Waals surface area contributed by atoms with Crippen molar-refractivity contribution in [1.29, 1.82) is 0 Å². The van der Waals surface area contributed by atoms with E-state index in [1.54, 1.807) is 0 Å². The number of hydrogen-bond acceptors (Lipinski definition) is 1. The van der Waals surface area contributed by atoms with E-state index in [1.165, 1.54) is 32.1 Å². The highest BCUT2D eigenvalue weighted by Gasteiger charge is 2.32. The second kappa shape index (κ2) is 6.18. The Morgan fingerprint density at radius 1 is 1.07 bits per heavy atom. The molecule has 0 aliphatic carbocycles. The number of terminal acetylenes is 1. The molecule has 0 saturated carbocycles. The number of likely N-dealkylation sites (tertiary alicyclic amines) is 1. The van der Waals surface area contributed by atoms with Crippen LogP contribution >= 0.6 is 0 Å². The summed E-state index contributed by atoms with van der Waals surface area (Å²) in [6.45, 7) is 7.74. The summed E-state index contributed by atoms with van der Waals surface area (Å²) >= 11 is 0. The molecule has 1 rings (SSSR count). The largest absolute Gasteiger partial charge is 0.286 e. The summed E-state index contributed by atoms with van der Waals surface area (Å²) in [6, 6.07) is 1.45. The monoisotopic (exact) mass is 207 g/mol. The summed E-state index contributed by atoms with van der Waals surface area (Å²) in [4.78, 5) is 2.56. The summed E-state index contributed by atoms with van der Waals surface area (Å²) in [5, 5.41) is 0. The second-order valence-electron chi connectivity index (χ2n) is 4.75. The van der Waals surface area contributed by atoms with Crippen molar-refractivity contribution in [3.8, 4) is 12.3 Å². The van der Waals surface area contributed by atoms with Crippen LogP contribution in [0.3, 0.4) is 0 Å². The average molecular weight is 207 g/mol. The topological polar surface area (TPSA) is 3.24 Å². The molecule has 1 heterocycles. The zero-order valence-electron chi connectivity index (χ0n) is 10.5. The first-order valence-corrected chi connectivity index (χ1v) is 6.45. The van der Waals surface area contributed by atoms with E-state index in [0.717, 1.165) is 24.5 Å². The van der Waals surface area contributed by atoms with Crippen LogP contribution in [0.15, 0.2) is 0 Å². The van der Waals surface area contributed by atoms with Crippen molar-refractivity contribution in [2.75, 3.05) is 6.54 Å². The molecular formula is C14H25N. The summed E-state index contributed by atoms with van der Waals surface area (Å²) in [6.07, 6.45) is 12.0. The molecule has 2 atom stereocenters. The van der Waals surface area contributed by atoms with E-state index in [9.17, 15) is 0 Å². The molecule has 1 saturated heterocycles. The van der Waals surface area contributed by atoms with Gasteiger partial charge >= 0.3 is 0 Å². The van der Waals surface area contributed by atoms with Crippen molar-refractivity contribution in [3.63, 3.8) is 0 Å². The SMILES string of the molecule is C#CCN1C(CC)CC(CC)CC1CC. The molecular weight excluding hydrogens is 182 g/mol. The standard InChI is InChI=1S/C14H25N/c1-5-9-15-13(7-3)10-12(6-2)11-14(15)8-4/h1,12-14H,6-11H2,2-4H3. The maximum atomic E-state index is 5.47. The third-order valence-electron chi connectivity index (χ3n) is 3.94. The van der Waals surface area contributed by atoms with E-state index in [4.69, 9.17) is 6.42 Å². The number of rotatable bonds is 4. The van der Waals surface area contributed by atoms with Gasteiger partial charge in [-0.25, -0.2) is 0 Å². The number of nitrogens with zero attached hydrogens (tertiary/aromatic N) is 1. The van der Waals surface area contributed by atoms with Crippen LogP contribution in [0.1, 0.15) is 52.9 Å². The molecule has 1 aliphatic heterocycles. The molecule has 1 nitrogen and oxygen atoms in total. The van der Waals surface area contributed by atoms with Crippen molar-refractivity contribution in [3.05, 3.63) is 0 Å². The van der Waals surface area contributed by atoms with Crippen LogP contribution in [0.2, 0.25) is 0 Å². The minimum atomic E-state index is 0.727. The molecule has 1 aliphatic rings. The van der Waals surface area contributed by atoms with E-state index >= 15 is 0 Å². The van der Waals surface area contributed by atoms with Crippen molar-refractivity contribution >= 4 is 0 Å². The molecule has 15 heavy (non-hydrogen) atoms. The van der Waals surface area contributed by atoms with Crippen LogP contribution in [0, 0.1) is 18.3 Å². The molecule has 0 radical (unpaired) electrons. The summed E-state index contributed by atoms with van der Waals surface area (Å²) in [7, 11) is 0. The Kier molecular flexibility index (Phi) is 5.19. The smallest absolute Gasteiger partial charge is 0.0603 e. The highest BCUT2D eigenvalue weighted by atomic mass is 15.2. The van der Waals surface area contributed by atoms with E-state index in [-0.39, 0.29) is 0 Å². The molecule has 0 amide bonds. The normalized spacial score (nSPS) is 32.5. The van der Waals surface area contributed by atoms with Gasteiger partial charge in [-0.2, -0.15) is 0 Å². The Bertz CT molecular complexity index is 202. The van der Waals surface area contributed by atoms with Crippen molar-refractivity contribution in [2.24, 2.45) is 5.92 Å². The van der Waals surface area contributed by atoms with E-state index in [0.29, 0.717) is 0 Å². The van der Waals surface area contributed by atoms with Gasteiger partial charge in [0, 0.05) is 12.1 Å². The number of hydrogen-bond donors (Lipinski definition) is 0. The third kappa shape index (κ3) is 2.98. The van der Waals surface area contributed by atoms with Gasteiger partial charge in [0.1, 0.15) is 0 Å². The highest BCUT2D eigenvalue weighted by molar-refractivity contribution is 4.95. The fraction of sp³-hybridized carbons (Fsp3) is 0.857. The molecule has 0 aromatic carbocycles. The predicted molar refractivity (Wildman–Crippen MR) is 66.7 cm³/mol. The molecule has 1 fully saturated rings. The van der Waals surface area contributed by atoms with Gasteiger partial charge in [-0.3, -0.25) is 4.90 Å². The molecule has 0 N–H and O–H groups in total. The van der Waals surface area contributed by atoms with Crippen LogP contribution in [-0.2, 0) is 0 Å². The quantitative estimate of drug-likeness (QED) is 0.639. The average Bonchev–Trinajstić information content (AvgIpc) is 2.29. The van der Waals surface area contributed by atoms with Gasteiger partial charge in [-0.1, -0.05) is 33.1 Å². The van der Waals surface area contributed by atoms with Crippen LogP contribution in [0.25, 0.3) is 0 Å². The lowest BCUT2D eigenvalue weighted by Crippen LogP contribution is -2.48. The van der Waals surface area contributed by atoms with Crippen LogP contribution in [-0.4, -0.2) is 23.5 Å². The lowest BCUT2D eigenvalue weighted by atomic mass is 9.82. The molecule has 1 heteroatoms. The van der Waals surface area contributed by atoms with Crippen LogP contribution < -0.4 is 0 Å². The molecule has 0 aromatic heterocycles. The van der Waals surface area contributed by atoms with Crippen molar-refractivity contribution in [1.82, 2.24) is 4.90 Å². The van der Waals surface area contributed by atoms with Gasteiger partial charge < -0.3 is 0 Å². The third-order valence-corrected chi connectivity index (χ3v) is 3.94. The van der Waals surface area contributed by atoms with Crippen LogP contribution in [0.5, 0.6) is 0 Å². The first kappa shape index (κ1) is 12.6. The predicted octanol–water partition coefficient (Wildman–Crippen LogP) is 3.30. The maximum absolute atomic E-state index is 5.47. The van der Waals surface area contributed by atoms with E-state index < -0.39 is 0 Å². The first-order valence-electron chi connectivity index (χ1n) is 6.45. The van der Waals surface area contributed by atoms with Crippen molar-refractivity contribution in [2.45, 2.75) is 65.0 Å². The summed E-state index contributed by atoms with van der Waals surface area (Å²) in [5.41, 5.74) is 0. The molecule has 0 aromatic rings. The summed E-state index contributed by atoms with van der Waals surface area (Å²) in [5.74, 6) is 3.75.